The number of hydrogen-bond acceptors (Lipinski definition) is 4. The summed E-state index contributed by atoms with van der Waals surface area (Å²) in [5.41, 5.74) is 17.8. The average Bonchev–Trinajstić information content (AvgIpc) is 3.01. The van der Waals surface area contributed by atoms with Crippen molar-refractivity contribution < 1.29 is 9.59 Å². The Morgan fingerprint density at radius 1 is 0.690 bits per heavy atom. The van der Waals surface area contributed by atoms with Gasteiger partial charge < -0.3 is 22.1 Å². The summed E-state index contributed by atoms with van der Waals surface area (Å²) in [5, 5.41) is 12.8. The Balaban J connectivity index is 0.000000340. The van der Waals surface area contributed by atoms with Gasteiger partial charge in [-0.3, -0.25) is 9.59 Å². The number of nitrogens with one attached hydrogen (secondary N) is 2. The van der Waals surface area contributed by atoms with E-state index in [0.29, 0.717) is 17.0 Å². The van der Waals surface area contributed by atoms with Crippen LogP contribution in [0.4, 0.5) is 5.69 Å². The number of carbonyl (C=O) groups excluding carboxylic acids is 2. The second-order valence-corrected chi connectivity index (χ2v) is 9.12. The zero-order valence-corrected chi connectivity index (χ0v) is 24.9. The van der Waals surface area contributed by atoms with Crippen LogP contribution in [0, 0.1) is 13.8 Å². The van der Waals surface area contributed by atoms with Crippen LogP contribution >= 0.6 is 0 Å². The Kier molecular flexibility index (Phi) is 13.7. The molecule has 0 atom stereocenters. The highest BCUT2D eigenvalue weighted by Gasteiger charge is 2.09. The summed E-state index contributed by atoms with van der Waals surface area (Å²) in [4.78, 5) is 24.2. The lowest BCUT2D eigenvalue weighted by Gasteiger charge is -2.09. The Morgan fingerprint density at radius 3 is 1.95 bits per heavy atom. The zero-order chi connectivity index (χ0) is 30.9. The number of rotatable bonds is 7. The number of nitrogens with zero attached hydrogens (tertiary/aromatic N) is 2. The molecule has 0 bridgehead atoms. The van der Waals surface area contributed by atoms with Crippen molar-refractivity contribution in [1.29, 1.82) is 0 Å². The number of benzene rings is 4. The van der Waals surface area contributed by atoms with E-state index in [-0.39, 0.29) is 24.3 Å². The maximum Gasteiger partial charge on any atom is 0.251 e. The maximum absolute atomic E-state index is 12.1. The highest BCUT2D eigenvalue weighted by Crippen LogP contribution is 2.18. The van der Waals surface area contributed by atoms with E-state index < -0.39 is 0 Å². The predicted molar refractivity (Wildman–Crippen MR) is 175 cm³/mol. The Labute approximate surface area is 248 Å². The van der Waals surface area contributed by atoms with Crippen LogP contribution in [-0.4, -0.2) is 30.0 Å². The molecule has 0 aliphatic rings. The van der Waals surface area contributed by atoms with E-state index in [4.69, 9.17) is 11.5 Å². The number of carbonyl (C=O) groups is 2. The first-order valence-corrected chi connectivity index (χ1v) is 13.7. The third-order valence-corrected chi connectivity index (χ3v) is 5.73. The van der Waals surface area contributed by atoms with Gasteiger partial charge in [-0.05, 0) is 61.7 Å². The average molecular weight is 565 g/mol. The van der Waals surface area contributed by atoms with Gasteiger partial charge in [-0.15, -0.1) is 5.10 Å². The molecule has 6 N–H and O–H groups in total. The molecule has 0 radical (unpaired) electrons. The van der Waals surface area contributed by atoms with Crippen molar-refractivity contribution in [3.05, 3.63) is 125 Å². The quantitative estimate of drug-likeness (QED) is 0.123. The first-order valence-electron chi connectivity index (χ1n) is 13.7. The van der Waals surface area contributed by atoms with Gasteiger partial charge in [0.1, 0.15) is 0 Å². The number of amides is 2. The van der Waals surface area contributed by atoms with Crippen LogP contribution in [0.25, 0.3) is 11.1 Å². The van der Waals surface area contributed by atoms with Gasteiger partial charge >= 0.3 is 0 Å². The van der Waals surface area contributed by atoms with E-state index in [1.54, 1.807) is 43.3 Å². The van der Waals surface area contributed by atoms with Gasteiger partial charge in [0, 0.05) is 11.3 Å². The lowest BCUT2D eigenvalue weighted by atomic mass is 10.0. The summed E-state index contributed by atoms with van der Waals surface area (Å²) < 4.78 is 0. The van der Waals surface area contributed by atoms with Gasteiger partial charge in [0.2, 0.25) is 11.9 Å². The number of hydrogen-bond donors (Lipinski definition) is 4. The fraction of sp³-hybridized carbons (Fsp3) is 0.176. The predicted octanol–water partition coefficient (Wildman–Crippen LogP) is 6.05. The fourth-order valence-corrected chi connectivity index (χ4v) is 3.64. The largest absolute Gasteiger partial charge is 0.369 e. The van der Waals surface area contributed by atoms with Crippen molar-refractivity contribution in [2.24, 2.45) is 21.7 Å². The number of aryl methyl sites for hydroxylation is 2. The minimum Gasteiger partial charge on any atom is -0.369 e. The van der Waals surface area contributed by atoms with Gasteiger partial charge in [-0.25, -0.2) is 0 Å². The normalized spacial score (nSPS) is 10.2. The molecule has 0 aliphatic heterocycles. The lowest BCUT2D eigenvalue weighted by molar-refractivity contribution is -0.115. The van der Waals surface area contributed by atoms with Crippen LogP contribution in [0.1, 0.15) is 47.8 Å². The molecule has 0 saturated carbocycles. The van der Waals surface area contributed by atoms with Crippen LogP contribution in [0.2, 0.25) is 0 Å². The Morgan fingerprint density at radius 2 is 1.31 bits per heavy atom. The SMILES string of the molecule is C/C(=N\N=C(N)N)c1cccc(NC(=O)CNC(=O)c2cccc(C)c2)c1.CC.Cc1ccc(-c2ccccc2)cc1. The van der Waals surface area contributed by atoms with Crippen molar-refractivity contribution >= 4 is 29.2 Å². The standard InChI is InChI=1S/C19H22N6O2.C13H12.C2H6/c1-12-5-3-7-15(9-12)18(27)22-11-17(26)23-16-8-4-6-14(10-16)13(2)24-25-19(20)21;1-11-7-9-13(10-8-11)12-5-3-2-4-6-12;1-2/h3-10H,11H2,1-2H3,(H,22,27)(H,23,26)(H4,20,21,25);2-10H,1H3;1-2H3/b24-13+;;. The molecule has 0 unspecified atom stereocenters. The molecule has 4 rings (SSSR count). The Bertz CT molecular complexity index is 1490. The van der Waals surface area contributed by atoms with Gasteiger partial charge in [-0.1, -0.05) is 104 Å². The molecule has 0 fully saturated rings. The van der Waals surface area contributed by atoms with Gasteiger partial charge in [0.25, 0.3) is 5.91 Å². The second kappa shape index (κ2) is 17.5. The van der Waals surface area contributed by atoms with Gasteiger partial charge in [0.15, 0.2) is 0 Å². The van der Waals surface area contributed by atoms with Crippen LogP contribution in [0.5, 0.6) is 0 Å². The van der Waals surface area contributed by atoms with Gasteiger partial charge in [0.05, 0.1) is 12.3 Å². The van der Waals surface area contributed by atoms with Crippen LogP contribution < -0.4 is 22.1 Å². The summed E-state index contributed by atoms with van der Waals surface area (Å²) in [6.07, 6.45) is 0. The summed E-state index contributed by atoms with van der Waals surface area (Å²) in [7, 11) is 0. The van der Waals surface area contributed by atoms with E-state index >= 15 is 0 Å². The highest BCUT2D eigenvalue weighted by atomic mass is 16.2. The Hall–Kier alpha value is -5.24. The molecular formula is C34H40N6O2. The molecular weight excluding hydrogens is 524 g/mol. The summed E-state index contributed by atoms with van der Waals surface area (Å²) in [6, 6.07) is 33.2. The summed E-state index contributed by atoms with van der Waals surface area (Å²) in [6.45, 7) is 9.61. The summed E-state index contributed by atoms with van der Waals surface area (Å²) in [5.74, 6) is -0.780. The first kappa shape index (κ1) is 33.0. The fourth-order valence-electron chi connectivity index (χ4n) is 3.64. The van der Waals surface area contributed by atoms with E-state index in [9.17, 15) is 9.59 Å². The molecule has 0 spiro atoms. The van der Waals surface area contributed by atoms with Crippen molar-refractivity contribution in [2.45, 2.75) is 34.6 Å². The van der Waals surface area contributed by atoms with E-state index in [0.717, 1.165) is 11.1 Å². The number of guanidine groups is 1. The zero-order valence-electron chi connectivity index (χ0n) is 24.9. The smallest absolute Gasteiger partial charge is 0.251 e. The maximum atomic E-state index is 12.1. The van der Waals surface area contributed by atoms with E-state index in [2.05, 4.69) is 76.3 Å². The molecule has 0 saturated heterocycles. The molecule has 0 heterocycles. The number of anilines is 1. The minimum absolute atomic E-state index is 0.136. The number of nitrogens with two attached hydrogens (primary N) is 2. The molecule has 8 heteroatoms. The van der Waals surface area contributed by atoms with Crippen LogP contribution in [0.3, 0.4) is 0 Å². The minimum atomic E-state index is -0.341. The monoisotopic (exact) mass is 564 g/mol. The van der Waals surface area contributed by atoms with Crippen LogP contribution in [-0.2, 0) is 4.79 Å². The molecule has 2 amide bonds. The van der Waals surface area contributed by atoms with Crippen molar-refractivity contribution in [3.63, 3.8) is 0 Å². The first-order chi connectivity index (χ1) is 20.2. The molecule has 8 nitrogen and oxygen atoms in total. The second-order valence-electron chi connectivity index (χ2n) is 9.12. The van der Waals surface area contributed by atoms with Gasteiger partial charge in [-0.2, -0.15) is 5.10 Å². The van der Waals surface area contributed by atoms with E-state index in [1.165, 1.54) is 16.7 Å². The topological polar surface area (TPSA) is 135 Å². The third kappa shape index (κ3) is 11.5. The molecule has 0 aromatic heterocycles. The summed E-state index contributed by atoms with van der Waals surface area (Å²) >= 11 is 0. The van der Waals surface area contributed by atoms with Crippen molar-refractivity contribution in [1.82, 2.24) is 5.32 Å². The molecule has 42 heavy (non-hydrogen) atoms. The third-order valence-electron chi connectivity index (χ3n) is 5.73. The lowest BCUT2D eigenvalue weighted by Crippen LogP contribution is -2.32. The molecule has 4 aromatic rings. The highest BCUT2D eigenvalue weighted by molar-refractivity contribution is 6.02. The van der Waals surface area contributed by atoms with Crippen LogP contribution in [0.15, 0.2) is 113 Å². The molecule has 0 aliphatic carbocycles. The molecule has 4 aromatic carbocycles. The van der Waals surface area contributed by atoms with Crippen molar-refractivity contribution in [2.75, 3.05) is 11.9 Å². The molecule has 218 valence electrons. The van der Waals surface area contributed by atoms with E-state index in [1.807, 2.05) is 39.0 Å². The van der Waals surface area contributed by atoms with Crippen molar-refractivity contribution in [3.8, 4) is 11.1 Å².